The van der Waals surface area contributed by atoms with Gasteiger partial charge in [-0.2, -0.15) is 10.5 Å². The van der Waals surface area contributed by atoms with Gasteiger partial charge in [0, 0.05) is 10.8 Å². The van der Waals surface area contributed by atoms with E-state index in [1.165, 1.54) is 16.2 Å². The number of nitrogens with one attached hydrogen (secondary N) is 2. The van der Waals surface area contributed by atoms with Crippen LogP contribution in [0, 0.1) is 22.7 Å². The SMILES string of the molecule is CCc1nc(NC(=O)Cc2ccccc2C#N)sc1C1CCCCC(c2nnc(NC(=O)Cc3ccccc3C#N)s2)C1. The number of carbonyl (C=O) groups is 2. The van der Waals surface area contributed by atoms with Crippen LogP contribution in [-0.2, 0) is 28.9 Å². The molecule has 1 aliphatic rings. The highest BCUT2D eigenvalue weighted by atomic mass is 32.1. The normalized spacial score (nSPS) is 16.4. The molecule has 0 saturated heterocycles. The number of hydrogen-bond donors (Lipinski definition) is 2. The van der Waals surface area contributed by atoms with Crippen LogP contribution in [0.25, 0.3) is 0 Å². The molecule has 1 aliphatic carbocycles. The minimum absolute atomic E-state index is 0.0963. The van der Waals surface area contributed by atoms with E-state index < -0.39 is 0 Å². The van der Waals surface area contributed by atoms with Crippen molar-refractivity contribution in [2.24, 2.45) is 0 Å². The van der Waals surface area contributed by atoms with Crippen molar-refractivity contribution in [3.05, 3.63) is 86.4 Å². The first kappa shape index (κ1) is 30.0. The van der Waals surface area contributed by atoms with Crippen LogP contribution in [0.3, 0.4) is 0 Å². The Balaban J connectivity index is 1.25. The van der Waals surface area contributed by atoms with Gasteiger partial charge in [-0.25, -0.2) is 4.98 Å². The first-order valence-electron chi connectivity index (χ1n) is 14.4. The molecule has 9 nitrogen and oxygen atoms in total. The molecule has 1 fully saturated rings. The van der Waals surface area contributed by atoms with Crippen molar-refractivity contribution in [3.8, 4) is 12.1 Å². The first-order valence-corrected chi connectivity index (χ1v) is 16.0. The number of thiazole rings is 1. The molecule has 1 saturated carbocycles. The maximum absolute atomic E-state index is 12.8. The largest absolute Gasteiger partial charge is 0.302 e. The van der Waals surface area contributed by atoms with Gasteiger partial charge in [0.05, 0.1) is 41.8 Å². The molecule has 0 radical (unpaired) electrons. The predicted octanol–water partition coefficient (Wildman–Crippen LogP) is 6.49. The molecule has 2 heterocycles. The van der Waals surface area contributed by atoms with Crippen LogP contribution >= 0.6 is 22.7 Å². The van der Waals surface area contributed by atoms with Gasteiger partial charge in [0.1, 0.15) is 5.01 Å². The third-order valence-electron chi connectivity index (χ3n) is 7.62. The van der Waals surface area contributed by atoms with Crippen molar-refractivity contribution in [1.82, 2.24) is 15.2 Å². The second-order valence-corrected chi connectivity index (χ2v) is 12.6. The summed E-state index contributed by atoms with van der Waals surface area (Å²) in [6, 6.07) is 18.5. The zero-order chi connectivity index (χ0) is 30.2. The molecule has 5 rings (SSSR count). The van der Waals surface area contributed by atoms with E-state index in [1.54, 1.807) is 47.7 Å². The fourth-order valence-corrected chi connectivity index (χ4v) is 7.63. The molecule has 2 amide bonds. The molecule has 4 aromatic rings. The molecule has 2 unspecified atom stereocenters. The number of carbonyl (C=O) groups excluding carboxylic acids is 2. The Morgan fingerprint density at radius 2 is 1.42 bits per heavy atom. The van der Waals surface area contributed by atoms with Gasteiger partial charge in [0.15, 0.2) is 5.13 Å². The Labute approximate surface area is 258 Å². The molecular weight excluding hydrogens is 579 g/mol. The zero-order valence-electron chi connectivity index (χ0n) is 23.8. The zero-order valence-corrected chi connectivity index (χ0v) is 25.4. The number of benzene rings is 2. The van der Waals surface area contributed by atoms with E-state index in [0.29, 0.717) is 32.5 Å². The van der Waals surface area contributed by atoms with Gasteiger partial charge >= 0.3 is 0 Å². The molecule has 11 heteroatoms. The average Bonchev–Trinajstić information content (AvgIpc) is 3.57. The third kappa shape index (κ3) is 7.50. The monoisotopic (exact) mass is 609 g/mol. The summed E-state index contributed by atoms with van der Waals surface area (Å²) in [4.78, 5) is 31.5. The maximum Gasteiger partial charge on any atom is 0.230 e. The van der Waals surface area contributed by atoms with Gasteiger partial charge < -0.3 is 10.6 Å². The molecule has 0 bridgehead atoms. The first-order chi connectivity index (χ1) is 21.0. The molecule has 2 atom stereocenters. The topological polar surface area (TPSA) is 144 Å². The number of rotatable bonds is 9. The second-order valence-electron chi connectivity index (χ2n) is 10.5. The summed E-state index contributed by atoms with van der Waals surface area (Å²) in [7, 11) is 0. The number of aryl methyl sites for hydroxylation is 1. The van der Waals surface area contributed by atoms with Crippen LogP contribution in [0.1, 0.15) is 88.7 Å². The second kappa shape index (κ2) is 14.1. The van der Waals surface area contributed by atoms with Crippen LogP contribution in [0.15, 0.2) is 48.5 Å². The summed E-state index contributed by atoms with van der Waals surface area (Å²) >= 11 is 2.95. The minimum atomic E-state index is -0.230. The van der Waals surface area contributed by atoms with Gasteiger partial charge in [0.2, 0.25) is 16.9 Å². The van der Waals surface area contributed by atoms with Crippen molar-refractivity contribution < 1.29 is 9.59 Å². The quantitative estimate of drug-likeness (QED) is 0.206. The van der Waals surface area contributed by atoms with Crippen LogP contribution in [0.5, 0.6) is 0 Å². The highest BCUT2D eigenvalue weighted by Crippen LogP contribution is 2.44. The summed E-state index contributed by atoms with van der Waals surface area (Å²) in [5, 5.41) is 35.1. The Hall–Kier alpha value is -4.45. The summed E-state index contributed by atoms with van der Waals surface area (Å²) < 4.78 is 0. The van der Waals surface area contributed by atoms with Crippen molar-refractivity contribution >= 4 is 44.8 Å². The predicted molar refractivity (Wildman–Crippen MR) is 167 cm³/mol. The van der Waals surface area contributed by atoms with Gasteiger partial charge in [-0.3, -0.25) is 9.59 Å². The number of nitrogens with zero attached hydrogens (tertiary/aromatic N) is 5. The molecule has 2 N–H and O–H groups in total. The molecule has 2 aromatic carbocycles. The van der Waals surface area contributed by atoms with Gasteiger partial charge in [-0.15, -0.1) is 21.5 Å². The summed E-state index contributed by atoms with van der Waals surface area (Å²) in [5.74, 6) is 0.0765. The van der Waals surface area contributed by atoms with Gasteiger partial charge in [0.25, 0.3) is 0 Å². The molecule has 2 aromatic heterocycles. The highest BCUT2D eigenvalue weighted by Gasteiger charge is 2.29. The molecule has 0 aliphatic heterocycles. The van der Waals surface area contributed by atoms with Crippen molar-refractivity contribution in [3.63, 3.8) is 0 Å². The minimum Gasteiger partial charge on any atom is -0.302 e. The number of anilines is 2. The summed E-state index contributed by atoms with van der Waals surface area (Å²) in [5.41, 5.74) is 3.37. The maximum atomic E-state index is 12.8. The lowest BCUT2D eigenvalue weighted by atomic mass is 9.91. The Morgan fingerprint density at radius 3 is 2.02 bits per heavy atom. The van der Waals surface area contributed by atoms with E-state index in [0.717, 1.165) is 49.2 Å². The lowest BCUT2D eigenvalue weighted by Gasteiger charge is -2.17. The van der Waals surface area contributed by atoms with E-state index in [1.807, 2.05) is 12.1 Å². The van der Waals surface area contributed by atoms with E-state index in [-0.39, 0.29) is 36.5 Å². The van der Waals surface area contributed by atoms with Crippen LogP contribution in [-0.4, -0.2) is 27.0 Å². The standard InChI is InChI=1S/C32H31N7O2S2/c1-2-26-29(42-31(35-26)36-27(40)16-20-9-3-7-13-24(20)18-33)22-11-5-6-12-23(15-22)30-38-39-32(43-30)37-28(41)17-21-10-4-8-14-25(21)19-34/h3-4,7-10,13-14,22-23H,2,5-6,11-12,15-17H2,1H3,(H,35,36,40)(H,37,39,41). The number of amides is 2. The fraction of sp³-hybridized carbons (Fsp3) is 0.344. The lowest BCUT2D eigenvalue weighted by molar-refractivity contribution is -0.116. The molecule has 0 spiro atoms. The van der Waals surface area contributed by atoms with Crippen molar-refractivity contribution in [2.45, 2.75) is 70.1 Å². The van der Waals surface area contributed by atoms with Crippen molar-refractivity contribution in [1.29, 1.82) is 10.5 Å². The Bertz CT molecular complexity index is 1700. The van der Waals surface area contributed by atoms with Crippen LogP contribution in [0.2, 0.25) is 0 Å². The van der Waals surface area contributed by atoms with Crippen molar-refractivity contribution in [2.75, 3.05) is 10.6 Å². The number of aromatic nitrogens is 3. The lowest BCUT2D eigenvalue weighted by Crippen LogP contribution is -2.15. The van der Waals surface area contributed by atoms with Gasteiger partial charge in [-0.05, 0) is 54.9 Å². The number of hydrogen-bond acceptors (Lipinski definition) is 9. The van der Waals surface area contributed by atoms with E-state index in [9.17, 15) is 20.1 Å². The highest BCUT2D eigenvalue weighted by molar-refractivity contribution is 7.16. The smallest absolute Gasteiger partial charge is 0.230 e. The van der Waals surface area contributed by atoms with E-state index in [4.69, 9.17) is 4.98 Å². The number of nitriles is 2. The Morgan fingerprint density at radius 1 is 0.837 bits per heavy atom. The summed E-state index contributed by atoms with van der Waals surface area (Å²) in [6.45, 7) is 2.08. The molecule has 43 heavy (non-hydrogen) atoms. The summed E-state index contributed by atoms with van der Waals surface area (Å²) in [6.07, 6.45) is 6.09. The average molecular weight is 610 g/mol. The van der Waals surface area contributed by atoms with Crippen LogP contribution < -0.4 is 10.6 Å². The molecule has 218 valence electrons. The Kier molecular flexibility index (Phi) is 9.88. The van der Waals surface area contributed by atoms with Crippen LogP contribution in [0.4, 0.5) is 10.3 Å². The van der Waals surface area contributed by atoms with Gasteiger partial charge in [-0.1, -0.05) is 67.5 Å². The fourth-order valence-electron chi connectivity index (χ4n) is 5.50. The van der Waals surface area contributed by atoms with E-state index in [2.05, 4.69) is 39.9 Å². The molecular formula is C32H31N7O2S2. The third-order valence-corrected chi connectivity index (χ3v) is 9.79. The van der Waals surface area contributed by atoms with E-state index >= 15 is 0 Å².